The van der Waals surface area contributed by atoms with Crippen molar-refractivity contribution in [2.45, 2.75) is 5.88 Å². The second kappa shape index (κ2) is 2.69. The maximum Gasteiger partial charge on any atom is 0.0538 e. The quantitative estimate of drug-likeness (QED) is 0.575. The molecule has 1 rings (SSSR count). The van der Waals surface area contributed by atoms with E-state index >= 15 is 0 Å². The Kier molecular flexibility index (Phi) is 1.90. The highest BCUT2D eigenvalue weighted by atomic mass is 35.5. The molecule has 2 nitrogen and oxygen atoms in total. The van der Waals surface area contributed by atoms with Crippen LogP contribution < -0.4 is 0 Å². The second-order valence-corrected chi connectivity index (χ2v) is 1.91. The molecule has 1 heterocycles. The van der Waals surface area contributed by atoms with Gasteiger partial charge in [0, 0.05) is 18.0 Å². The molecule has 0 N–H and O–H groups in total. The van der Waals surface area contributed by atoms with Gasteiger partial charge in [-0.3, -0.25) is 0 Å². The average Bonchev–Trinajstić information content (AvgIpc) is 2.34. The Labute approximate surface area is 58.7 Å². The number of alkyl halides is 1. The van der Waals surface area contributed by atoms with E-state index in [-0.39, 0.29) is 0 Å². The fraction of sp³-hybridized carbons (Fsp3) is 0.167. The van der Waals surface area contributed by atoms with E-state index in [9.17, 15) is 0 Å². The molecule has 1 aromatic heterocycles. The molecule has 0 aliphatic heterocycles. The first-order chi connectivity index (χ1) is 4.36. The van der Waals surface area contributed by atoms with Crippen molar-refractivity contribution in [2.75, 3.05) is 0 Å². The number of aromatic nitrogens is 2. The van der Waals surface area contributed by atoms with Crippen molar-refractivity contribution in [3.05, 3.63) is 24.5 Å². The summed E-state index contributed by atoms with van der Waals surface area (Å²) in [6, 6.07) is 0. The van der Waals surface area contributed by atoms with E-state index in [4.69, 9.17) is 11.6 Å². The lowest BCUT2D eigenvalue weighted by molar-refractivity contribution is 0.936. The summed E-state index contributed by atoms with van der Waals surface area (Å²) in [5.41, 5.74) is 1.01. The molecule has 3 heteroatoms. The Morgan fingerprint density at radius 3 is 3.00 bits per heavy atom. The largest absolute Gasteiger partial charge is 0.249 e. The molecular weight excluding hydrogens is 136 g/mol. The van der Waals surface area contributed by atoms with Gasteiger partial charge in [0.25, 0.3) is 0 Å². The Morgan fingerprint density at radius 2 is 2.67 bits per heavy atom. The van der Waals surface area contributed by atoms with Crippen LogP contribution in [0, 0.1) is 0 Å². The summed E-state index contributed by atoms with van der Waals surface area (Å²) < 4.78 is 1.62. The summed E-state index contributed by atoms with van der Waals surface area (Å²) in [6.07, 6.45) is 5.17. The highest BCUT2D eigenvalue weighted by Crippen LogP contribution is 2.00. The van der Waals surface area contributed by atoms with Crippen molar-refractivity contribution >= 4 is 17.8 Å². The molecule has 0 amide bonds. The van der Waals surface area contributed by atoms with Crippen molar-refractivity contribution in [3.63, 3.8) is 0 Å². The van der Waals surface area contributed by atoms with Crippen LogP contribution in [0.25, 0.3) is 6.20 Å². The van der Waals surface area contributed by atoms with Gasteiger partial charge in [0.2, 0.25) is 0 Å². The van der Waals surface area contributed by atoms with Crippen LogP contribution in [0.3, 0.4) is 0 Å². The lowest BCUT2D eigenvalue weighted by Gasteiger charge is -1.83. The van der Waals surface area contributed by atoms with Gasteiger partial charge < -0.3 is 0 Å². The van der Waals surface area contributed by atoms with Crippen LogP contribution in [0.5, 0.6) is 0 Å². The molecule has 0 spiro atoms. The summed E-state index contributed by atoms with van der Waals surface area (Å²) in [7, 11) is 0. The monoisotopic (exact) mass is 142 g/mol. The Bertz CT molecular complexity index is 205. The van der Waals surface area contributed by atoms with Crippen LogP contribution in [-0.2, 0) is 5.88 Å². The number of nitrogens with zero attached hydrogens (tertiary/aromatic N) is 2. The number of halogens is 1. The topological polar surface area (TPSA) is 17.8 Å². The summed E-state index contributed by atoms with van der Waals surface area (Å²) in [4.78, 5) is 0. The third-order valence-corrected chi connectivity index (χ3v) is 1.30. The van der Waals surface area contributed by atoms with Gasteiger partial charge >= 0.3 is 0 Å². The summed E-state index contributed by atoms with van der Waals surface area (Å²) in [6.45, 7) is 3.54. The first-order valence-electron chi connectivity index (χ1n) is 2.58. The molecule has 48 valence electrons. The van der Waals surface area contributed by atoms with E-state index in [2.05, 4.69) is 11.7 Å². The van der Waals surface area contributed by atoms with E-state index in [1.165, 1.54) is 0 Å². The molecule has 0 aliphatic rings. The zero-order valence-corrected chi connectivity index (χ0v) is 5.67. The lowest BCUT2D eigenvalue weighted by Crippen LogP contribution is -1.81. The first kappa shape index (κ1) is 6.36. The molecule has 0 bridgehead atoms. The van der Waals surface area contributed by atoms with Gasteiger partial charge in [0.15, 0.2) is 0 Å². The fourth-order valence-corrected chi connectivity index (χ4v) is 0.684. The molecule has 0 saturated carbocycles. The Balaban J connectivity index is 2.86. The van der Waals surface area contributed by atoms with Gasteiger partial charge in [-0.05, 0) is 0 Å². The molecule has 0 unspecified atom stereocenters. The molecule has 0 aliphatic carbocycles. The van der Waals surface area contributed by atoms with E-state index in [1.54, 1.807) is 17.1 Å². The third-order valence-electron chi connectivity index (χ3n) is 0.996. The summed E-state index contributed by atoms with van der Waals surface area (Å²) >= 11 is 5.51. The zero-order valence-electron chi connectivity index (χ0n) is 4.92. The fourth-order valence-electron chi connectivity index (χ4n) is 0.546. The molecule has 0 fully saturated rings. The van der Waals surface area contributed by atoms with Gasteiger partial charge in [-0.1, -0.05) is 6.58 Å². The minimum atomic E-state index is 0.508. The molecule has 0 aromatic carbocycles. The highest BCUT2D eigenvalue weighted by molar-refractivity contribution is 6.17. The van der Waals surface area contributed by atoms with Crippen molar-refractivity contribution < 1.29 is 0 Å². The van der Waals surface area contributed by atoms with Crippen LogP contribution in [-0.4, -0.2) is 9.78 Å². The van der Waals surface area contributed by atoms with Gasteiger partial charge in [-0.25, -0.2) is 4.68 Å². The average molecular weight is 143 g/mol. The lowest BCUT2D eigenvalue weighted by atomic mass is 10.4. The molecule has 0 atom stereocenters. The Morgan fingerprint density at radius 1 is 1.89 bits per heavy atom. The number of hydrogen-bond acceptors (Lipinski definition) is 1. The summed E-state index contributed by atoms with van der Waals surface area (Å²) in [5.74, 6) is 0.508. The van der Waals surface area contributed by atoms with Gasteiger partial charge in [-0.15, -0.1) is 11.6 Å². The van der Waals surface area contributed by atoms with Gasteiger partial charge in [0.05, 0.1) is 12.1 Å². The SMILES string of the molecule is C=Cn1cc(CCl)cn1. The van der Waals surface area contributed by atoms with Crippen molar-refractivity contribution in [1.82, 2.24) is 9.78 Å². The predicted octanol–water partition coefficient (Wildman–Crippen LogP) is 1.72. The normalized spacial score (nSPS) is 9.44. The van der Waals surface area contributed by atoms with E-state index in [0.717, 1.165) is 5.56 Å². The van der Waals surface area contributed by atoms with E-state index < -0.39 is 0 Å². The minimum Gasteiger partial charge on any atom is -0.249 e. The van der Waals surface area contributed by atoms with E-state index in [1.807, 2.05) is 6.20 Å². The van der Waals surface area contributed by atoms with Crippen LogP contribution in [0.1, 0.15) is 5.56 Å². The van der Waals surface area contributed by atoms with E-state index in [0.29, 0.717) is 5.88 Å². The summed E-state index contributed by atoms with van der Waals surface area (Å²) in [5, 5.41) is 3.92. The van der Waals surface area contributed by atoms with Crippen molar-refractivity contribution in [3.8, 4) is 0 Å². The predicted molar refractivity (Wildman–Crippen MR) is 38.2 cm³/mol. The van der Waals surface area contributed by atoms with Gasteiger partial charge in [-0.2, -0.15) is 5.10 Å². The highest BCUT2D eigenvalue weighted by Gasteiger charge is 1.90. The minimum absolute atomic E-state index is 0.508. The van der Waals surface area contributed by atoms with Crippen LogP contribution >= 0.6 is 11.6 Å². The number of hydrogen-bond donors (Lipinski definition) is 0. The standard InChI is InChI=1S/C6H7ClN2/c1-2-9-5-6(3-7)4-8-9/h2,4-5H,1,3H2. The van der Waals surface area contributed by atoms with Crippen LogP contribution in [0.4, 0.5) is 0 Å². The molecule has 1 aromatic rings. The molecule has 0 radical (unpaired) electrons. The molecular formula is C6H7ClN2. The second-order valence-electron chi connectivity index (χ2n) is 1.64. The van der Waals surface area contributed by atoms with Crippen molar-refractivity contribution in [2.24, 2.45) is 0 Å². The molecule has 0 saturated heterocycles. The number of rotatable bonds is 2. The third kappa shape index (κ3) is 1.33. The first-order valence-corrected chi connectivity index (χ1v) is 3.12. The van der Waals surface area contributed by atoms with Crippen molar-refractivity contribution in [1.29, 1.82) is 0 Å². The maximum atomic E-state index is 5.51. The zero-order chi connectivity index (χ0) is 6.69. The smallest absolute Gasteiger partial charge is 0.0538 e. The van der Waals surface area contributed by atoms with Crippen LogP contribution in [0.2, 0.25) is 0 Å². The van der Waals surface area contributed by atoms with Gasteiger partial charge in [0.1, 0.15) is 0 Å². The Hall–Kier alpha value is -0.760. The maximum absolute atomic E-state index is 5.51. The molecule has 9 heavy (non-hydrogen) atoms. The van der Waals surface area contributed by atoms with Crippen LogP contribution in [0.15, 0.2) is 19.0 Å².